The molecule has 42 heavy (non-hydrogen) atoms. The Morgan fingerprint density at radius 1 is 0.881 bits per heavy atom. The molecule has 0 unspecified atom stereocenters. The van der Waals surface area contributed by atoms with Crippen molar-refractivity contribution in [3.63, 3.8) is 0 Å². The van der Waals surface area contributed by atoms with Gasteiger partial charge in [-0.3, -0.25) is 13.9 Å². The van der Waals surface area contributed by atoms with Gasteiger partial charge in [-0.1, -0.05) is 78.5 Å². The fraction of sp³-hybridized carbons (Fsp3) is 0.355. The van der Waals surface area contributed by atoms with Gasteiger partial charge in [0.1, 0.15) is 12.6 Å². The molecule has 0 fully saturated rings. The number of nitrogens with zero attached hydrogens (tertiary/aromatic N) is 2. The Hall–Kier alpha value is -2.78. The molecule has 0 aromatic heterocycles. The first-order valence-electron chi connectivity index (χ1n) is 13.7. The highest BCUT2D eigenvalue weighted by molar-refractivity contribution is 7.92. The third kappa shape index (κ3) is 8.19. The van der Waals surface area contributed by atoms with Crippen LogP contribution in [0.25, 0.3) is 0 Å². The minimum absolute atomic E-state index is 0.0223. The van der Waals surface area contributed by atoms with Crippen LogP contribution in [0.1, 0.15) is 50.3 Å². The average molecular weight is 653 g/mol. The fourth-order valence-corrected chi connectivity index (χ4v) is 6.50. The van der Waals surface area contributed by atoms with Crippen molar-refractivity contribution >= 4 is 62.3 Å². The summed E-state index contributed by atoms with van der Waals surface area (Å²) in [6.07, 6.45) is 0.996. The predicted molar refractivity (Wildman–Crippen MR) is 171 cm³/mol. The minimum atomic E-state index is -4.22. The van der Waals surface area contributed by atoms with Gasteiger partial charge in [-0.25, -0.2) is 8.42 Å². The number of carbonyl (C=O) groups is 2. The van der Waals surface area contributed by atoms with E-state index >= 15 is 0 Å². The molecule has 2 atom stereocenters. The molecule has 11 heteroatoms. The molecular weight excluding hydrogens is 617 g/mol. The lowest BCUT2D eigenvalue weighted by Gasteiger charge is -2.34. The van der Waals surface area contributed by atoms with Crippen molar-refractivity contribution in [3.8, 4) is 0 Å². The van der Waals surface area contributed by atoms with Crippen LogP contribution >= 0.6 is 34.8 Å². The number of hydrogen-bond donors (Lipinski definition) is 1. The Labute approximate surface area is 263 Å². The van der Waals surface area contributed by atoms with E-state index in [0.29, 0.717) is 39.0 Å². The summed E-state index contributed by atoms with van der Waals surface area (Å²) < 4.78 is 29.2. The molecule has 0 aliphatic carbocycles. The van der Waals surface area contributed by atoms with Gasteiger partial charge >= 0.3 is 0 Å². The molecule has 2 amide bonds. The lowest BCUT2D eigenvalue weighted by Crippen LogP contribution is -2.53. The van der Waals surface area contributed by atoms with E-state index in [0.717, 1.165) is 9.87 Å². The molecule has 3 aromatic rings. The molecule has 0 aliphatic rings. The number of anilines is 1. The molecule has 7 nitrogen and oxygen atoms in total. The van der Waals surface area contributed by atoms with Crippen LogP contribution in [-0.4, -0.2) is 43.8 Å². The molecule has 3 aromatic carbocycles. The Morgan fingerprint density at radius 3 is 2.10 bits per heavy atom. The zero-order chi connectivity index (χ0) is 31.2. The van der Waals surface area contributed by atoms with Crippen molar-refractivity contribution in [1.82, 2.24) is 10.2 Å². The van der Waals surface area contributed by atoms with Gasteiger partial charge in [0.05, 0.1) is 10.6 Å². The van der Waals surface area contributed by atoms with E-state index in [1.165, 1.54) is 23.1 Å². The van der Waals surface area contributed by atoms with Gasteiger partial charge in [0, 0.05) is 27.7 Å². The maximum absolute atomic E-state index is 14.2. The van der Waals surface area contributed by atoms with Crippen LogP contribution in [0.5, 0.6) is 0 Å². The molecule has 0 saturated heterocycles. The standard InChI is InChI=1S/C31H36Cl3N3O4S/c1-6-22(5)35-31(39)28(7-2)36(18-23-11-13-24(32)16-27(23)34)30(38)19-37(29-17-25(33)12-10-21(29)4)42(40,41)26-14-8-20(3)9-15-26/h8-17,22,28H,6-7,18-19H2,1-5H3,(H,35,39)/t22-,28+/m1/s1. The van der Waals surface area contributed by atoms with Gasteiger partial charge in [-0.15, -0.1) is 0 Å². The quantitative estimate of drug-likeness (QED) is 0.225. The van der Waals surface area contributed by atoms with Crippen molar-refractivity contribution in [2.75, 3.05) is 10.8 Å². The second-order valence-corrected chi connectivity index (χ2v) is 13.4. The average Bonchev–Trinajstić information content (AvgIpc) is 2.94. The molecule has 3 rings (SSSR count). The Balaban J connectivity index is 2.12. The summed E-state index contributed by atoms with van der Waals surface area (Å²) in [4.78, 5) is 29.1. The van der Waals surface area contributed by atoms with E-state index in [4.69, 9.17) is 34.8 Å². The second kappa shape index (κ2) is 14.6. The lowest BCUT2D eigenvalue weighted by molar-refractivity contribution is -0.140. The summed E-state index contributed by atoms with van der Waals surface area (Å²) >= 11 is 18.9. The molecule has 0 aliphatic heterocycles. The third-order valence-corrected chi connectivity index (χ3v) is 9.67. The summed E-state index contributed by atoms with van der Waals surface area (Å²) in [6.45, 7) is 8.62. The maximum atomic E-state index is 14.2. The van der Waals surface area contributed by atoms with E-state index in [1.807, 2.05) is 20.8 Å². The Kier molecular flexibility index (Phi) is 11.7. The number of carbonyl (C=O) groups excluding carboxylic acids is 2. The second-order valence-electron chi connectivity index (χ2n) is 10.3. The minimum Gasteiger partial charge on any atom is -0.352 e. The highest BCUT2D eigenvalue weighted by Crippen LogP contribution is 2.31. The molecule has 0 saturated carbocycles. The largest absolute Gasteiger partial charge is 0.352 e. The zero-order valence-corrected chi connectivity index (χ0v) is 27.4. The van der Waals surface area contributed by atoms with Crippen LogP contribution in [0.15, 0.2) is 65.6 Å². The predicted octanol–water partition coefficient (Wildman–Crippen LogP) is 7.18. The topological polar surface area (TPSA) is 86.8 Å². The molecule has 1 N–H and O–H groups in total. The number of aryl methyl sites for hydroxylation is 2. The molecule has 0 bridgehead atoms. The van der Waals surface area contributed by atoms with E-state index < -0.39 is 28.5 Å². The van der Waals surface area contributed by atoms with E-state index in [9.17, 15) is 18.0 Å². The highest BCUT2D eigenvalue weighted by Gasteiger charge is 2.34. The molecule has 0 heterocycles. The SMILES string of the molecule is CC[C@@H](C)NC(=O)[C@H](CC)N(Cc1ccc(Cl)cc1Cl)C(=O)CN(c1cc(Cl)ccc1C)S(=O)(=O)c1ccc(C)cc1. The smallest absolute Gasteiger partial charge is 0.264 e. The maximum Gasteiger partial charge on any atom is 0.264 e. The van der Waals surface area contributed by atoms with Gasteiger partial charge in [-0.05, 0) is 81.1 Å². The first-order chi connectivity index (χ1) is 19.8. The van der Waals surface area contributed by atoms with E-state index in [1.54, 1.807) is 56.3 Å². The number of hydrogen-bond acceptors (Lipinski definition) is 4. The van der Waals surface area contributed by atoms with Crippen molar-refractivity contribution < 1.29 is 18.0 Å². The zero-order valence-electron chi connectivity index (χ0n) is 24.3. The summed E-state index contributed by atoms with van der Waals surface area (Å²) in [5.74, 6) is -0.917. The molecular formula is C31H36Cl3N3O4S. The van der Waals surface area contributed by atoms with Gasteiger partial charge < -0.3 is 10.2 Å². The Bertz CT molecular complexity index is 1530. The first kappa shape index (κ1) is 33.7. The number of sulfonamides is 1. The van der Waals surface area contributed by atoms with E-state index in [-0.39, 0.29) is 29.1 Å². The van der Waals surface area contributed by atoms with Gasteiger partial charge in [-0.2, -0.15) is 0 Å². The van der Waals surface area contributed by atoms with Crippen LogP contribution in [-0.2, 0) is 26.2 Å². The van der Waals surface area contributed by atoms with Crippen molar-refractivity contribution in [2.24, 2.45) is 0 Å². The summed E-state index contributed by atoms with van der Waals surface area (Å²) in [5.41, 5.74) is 2.32. The van der Waals surface area contributed by atoms with Gasteiger partial charge in [0.2, 0.25) is 11.8 Å². The summed E-state index contributed by atoms with van der Waals surface area (Å²) in [7, 11) is -4.22. The first-order valence-corrected chi connectivity index (χ1v) is 16.2. The third-order valence-electron chi connectivity index (χ3n) is 7.07. The van der Waals surface area contributed by atoms with Crippen molar-refractivity contribution in [3.05, 3.63) is 92.4 Å². The van der Waals surface area contributed by atoms with Crippen LogP contribution in [0.4, 0.5) is 5.69 Å². The van der Waals surface area contributed by atoms with Gasteiger partial charge in [0.25, 0.3) is 10.0 Å². The van der Waals surface area contributed by atoms with Crippen LogP contribution in [0, 0.1) is 13.8 Å². The number of rotatable bonds is 12. The summed E-state index contributed by atoms with van der Waals surface area (Å²) in [6, 6.07) is 15.1. The van der Waals surface area contributed by atoms with Crippen LogP contribution < -0.4 is 9.62 Å². The number of benzene rings is 3. The molecule has 0 radical (unpaired) electrons. The number of halogens is 3. The normalized spacial score (nSPS) is 12.9. The monoisotopic (exact) mass is 651 g/mol. The number of amides is 2. The summed E-state index contributed by atoms with van der Waals surface area (Å²) in [5, 5.41) is 4.02. The van der Waals surface area contributed by atoms with E-state index in [2.05, 4.69) is 5.32 Å². The molecule has 0 spiro atoms. The highest BCUT2D eigenvalue weighted by atomic mass is 35.5. The van der Waals surface area contributed by atoms with Crippen LogP contribution in [0.3, 0.4) is 0 Å². The van der Waals surface area contributed by atoms with Gasteiger partial charge in [0.15, 0.2) is 0 Å². The Morgan fingerprint density at radius 2 is 1.50 bits per heavy atom. The fourth-order valence-electron chi connectivity index (χ4n) is 4.40. The van der Waals surface area contributed by atoms with Crippen molar-refractivity contribution in [1.29, 1.82) is 0 Å². The van der Waals surface area contributed by atoms with Crippen LogP contribution in [0.2, 0.25) is 15.1 Å². The van der Waals surface area contributed by atoms with Crippen molar-refractivity contribution in [2.45, 2.75) is 71.0 Å². The number of nitrogens with one attached hydrogen (secondary N) is 1. The lowest BCUT2D eigenvalue weighted by atomic mass is 10.1. The molecule has 226 valence electrons.